The molecule has 2 aliphatic rings. The van der Waals surface area contributed by atoms with Crippen LogP contribution in [0.15, 0.2) is 82.6 Å². The van der Waals surface area contributed by atoms with Crippen molar-refractivity contribution >= 4 is 75.4 Å². The molecule has 3 aromatic carbocycles. The highest BCUT2D eigenvalue weighted by Gasteiger charge is 2.56. The Bertz CT molecular complexity index is 1740. The van der Waals surface area contributed by atoms with E-state index in [1.165, 1.54) is 15.5 Å². The van der Waals surface area contributed by atoms with Gasteiger partial charge in [-0.25, -0.2) is 4.90 Å². The van der Waals surface area contributed by atoms with E-state index in [0.717, 1.165) is 28.7 Å². The number of anilines is 2. The SMILES string of the molecule is COc1ccc(N2C(=O)[C@H]3[C@H](c4ccccc4)c4sc(=O)n(CC(=O)Nc5ccc(Cl)c(Cl)c5)c4S[C@H]3C2=O)cc1. The first-order valence-electron chi connectivity index (χ1n) is 12.5. The molecule has 0 radical (unpaired) electrons. The normalized spacial score (nSPS) is 19.6. The molecular formula is C29H21Cl2N3O5S2. The standard InChI is InChI=1S/C29H21Cl2N3O5S2/c1-39-18-10-8-17(9-11-18)34-26(36)23-22(15-5-3-2-4-6-15)25-28(40-24(23)27(34)37)33(29(38)41-25)14-21(35)32-16-7-12-19(30)20(31)13-16/h2-13,22-24H,14H2,1H3,(H,32,35)/t22-,23-,24+/m0/s1. The lowest BCUT2D eigenvalue weighted by Gasteiger charge is -2.30. The number of nitrogens with one attached hydrogen (secondary N) is 1. The number of imide groups is 1. The summed E-state index contributed by atoms with van der Waals surface area (Å²) in [6.07, 6.45) is 0. The molecule has 3 heterocycles. The van der Waals surface area contributed by atoms with Gasteiger partial charge in [0, 0.05) is 16.5 Å². The molecule has 208 valence electrons. The molecule has 2 aliphatic heterocycles. The number of fused-ring (bicyclic) bond motifs is 2. The average Bonchev–Trinajstić information content (AvgIpc) is 3.41. The smallest absolute Gasteiger partial charge is 0.308 e. The molecule has 8 nitrogen and oxygen atoms in total. The lowest BCUT2D eigenvalue weighted by molar-refractivity contribution is -0.122. The van der Waals surface area contributed by atoms with Gasteiger partial charge in [0.15, 0.2) is 0 Å². The highest BCUT2D eigenvalue weighted by atomic mass is 35.5. The number of thioether (sulfide) groups is 1. The predicted octanol–water partition coefficient (Wildman–Crippen LogP) is 5.66. The third kappa shape index (κ3) is 4.95. The zero-order valence-corrected chi connectivity index (χ0v) is 24.5. The van der Waals surface area contributed by atoms with Crippen molar-refractivity contribution in [2.75, 3.05) is 17.3 Å². The van der Waals surface area contributed by atoms with Crippen molar-refractivity contribution in [3.05, 3.63) is 103 Å². The van der Waals surface area contributed by atoms with Gasteiger partial charge < -0.3 is 10.1 Å². The van der Waals surface area contributed by atoms with E-state index in [-0.39, 0.29) is 28.3 Å². The summed E-state index contributed by atoms with van der Waals surface area (Å²) in [4.78, 5) is 55.5. The van der Waals surface area contributed by atoms with E-state index in [4.69, 9.17) is 27.9 Å². The second kappa shape index (κ2) is 11.0. The lowest BCUT2D eigenvalue weighted by Crippen LogP contribution is -2.33. The number of benzene rings is 3. The fraction of sp³-hybridized carbons (Fsp3) is 0.172. The van der Waals surface area contributed by atoms with Crippen molar-refractivity contribution in [3.8, 4) is 5.75 Å². The van der Waals surface area contributed by atoms with Crippen molar-refractivity contribution in [2.45, 2.75) is 22.7 Å². The molecule has 0 bridgehead atoms. The first-order chi connectivity index (χ1) is 19.8. The fourth-order valence-electron chi connectivity index (χ4n) is 5.18. The molecule has 1 N–H and O–H groups in total. The van der Waals surface area contributed by atoms with Gasteiger partial charge in [-0.1, -0.05) is 76.6 Å². The van der Waals surface area contributed by atoms with Crippen molar-refractivity contribution in [1.82, 2.24) is 4.57 Å². The first-order valence-corrected chi connectivity index (χ1v) is 14.9. The summed E-state index contributed by atoms with van der Waals surface area (Å²) in [6.45, 7) is -0.277. The maximum Gasteiger partial charge on any atom is 0.308 e. The monoisotopic (exact) mass is 625 g/mol. The number of nitrogens with zero attached hydrogens (tertiary/aromatic N) is 2. The van der Waals surface area contributed by atoms with Crippen LogP contribution >= 0.6 is 46.3 Å². The van der Waals surface area contributed by atoms with Crippen LogP contribution in [0.2, 0.25) is 10.0 Å². The fourth-order valence-corrected chi connectivity index (χ4v) is 8.25. The van der Waals surface area contributed by atoms with Crippen molar-refractivity contribution in [2.24, 2.45) is 5.92 Å². The van der Waals surface area contributed by atoms with Gasteiger partial charge in [-0.05, 0) is 48.0 Å². The Balaban J connectivity index is 1.38. The van der Waals surface area contributed by atoms with Crippen molar-refractivity contribution in [1.29, 1.82) is 0 Å². The van der Waals surface area contributed by atoms with Crippen molar-refractivity contribution < 1.29 is 19.1 Å². The number of hydrogen-bond acceptors (Lipinski definition) is 7. The summed E-state index contributed by atoms with van der Waals surface area (Å²) in [5.41, 5.74) is 1.70. The van der Waals surface area contributed by atoms with Crippen LogP contribution < -0.4 is 19.8 Å². The molecule has 1 saturated heterocycles. The topological polar surface area (TPSA) is 97.7 Å². The maximum absolute atomic E-state index is 13.9. The largest absolute Gasteiger partial charge is 0.497 e. The van der Waals surface area contributed by atoms with Gasteiger partial charge in [0.1, 0.15) is 17.5 Å². The number of thiazole rings is 1. The van der Waals surface area contributed by atoms with Crippen LogP contribution in [-0.4, -0.2) is 34.6 Å². The Morgan fingerprint density at radius 1 is 0.951 bits per heavy atom. The number of rotatable bonds is 6. The maximum atomic E-state index is 13.9. The van der Waals surface area contributed by atoms with Crippen LogP contribution in [0.1, 0.15) is 16.4 Å². The molecular weight excluding hydrogens is 605 g/mol. The molecule has 0 aliphatic carbocycles. The number of halogens is 2. The Hall–Kier alpha value is -3.57. The third-order valence-corrected chi connectivity index (χ3v) is 10.4. The minimum Gasteiger partial charge on any atom is -0.497 e. The first kappa shape index (κ1) is 27.6. The van der Waals surface area contributed by atoms with Gasteiger partial charge in [-0.3, -0.25) is 23.7 Å². The molecule has 41 heavy (non-hydrogen) atoms. The van der Waals surface area contributed by atoms with Gasteiger partial charge in [0.25, 0.3) is 0 Å². The number of amides is 3. The number of aromatic nitrogens is 1. The van der Waals surface area contributed by atoms with E-state index < -0.39 is 23.0 Å². The van der Waals surface area contributed by atoms with E-state index in [0.29, 0.717) is 32.1 Å². The Labute approximate surface area is 252 Å². The zero-order valence-electron chi connectivity index (χ0n) is 21.4. The van der Waals surface area contributed by atoms with E-state index in [1.54, 1.807) is 43.5 Å². The van der Waals surface area contributed by atoms with Crippen LogP contribution in [0.5, 0.6) is 5.75 Å². The second-order valence-corrected chi connectivity index (χ2v) is 12.4. The molecule has 0 saturated carbocycles. The average molecular weight is 627 g/mol. The highest BCUT2D eigenvalue weighted by molar-refractivity contribution is 8.00. The number of methoxy groups -OCH3 is 1. The van der Waals surface area contributed by atoms with Crippen LogP contribution in [0.25, 0.3) is 0 Å². The number of carbonyl (C=O) groups is 3. The summed E-state index contributed by atoms with van der Waals surface area (Å²) < 4.78 is 6.60. The van der Waals surface area contributed by atoms with Crippen LogP contribution in [0.4, 0.5) is 11.4 Å². The predicted molar refractivity (Wildman–Crippen MR) is 161 cm³/mol. The molecule has 3 atom stereocenters. The van der Waals surface area contributed by atoms with Gasteiger partial charge in [-0.2, -0.15) is 0 Å². The number of carbonyl (C=O) groups excluding carboxylic acids is 3. The molecule has 1 fully saturated rings. The van der Waals surface area contributed by atoms with Crippen LogP contribution in [-0.2, 0) is 20.9 Å². The van der Waals surface area contributed by atoms with E-state index in [2.05, 4.69) is 5.32 Å². The summed E-state index contributed by atoms with van der Waals surface area (Å²) in [5, 5.41) is 3.11. The van der Waals surface area contributed by atoms with Crippen LogP contribution in [0.3, 0.4) is 0 Å². The molecule has 0 spiro atoms. The number of hydrogen-bond donors (Lipinski definition) is 1. The van der Waals surface area contributed by atoms with Crippen molar-refractivity contribution in [3.63, 3.8) is 0 Å². The molecule has 3 amide bonds. The summed E-state index contributed by atoms with van der Waals surface area (Å²) in [6, 6.07) is 20.8. The highest BCUT2D eigenvalue weighted by Crippen LogP contribution is 2.53. The zero-order chi connectivity index (χ0) is 28.8. The lowest BCUT2D eigenvalue weighted by atomic mass is 9.83. The summed E-state index contributed by atoms with van der Waals surface area (Å²) in [5.74, 6) is -1.80. The molecule has 1 aromatic heterocycles. The minimum atomic E-state index is -0.777. The molecule has 0 unspecified atom stereocenters. The van der Waals surface area contributed by atoms with E-state index in [1.807, 2.05) is 30.3 Å². The minimum absolute atomic E-state index is 0.277. The van der Waals surface area contributed by atoms with Gasteiger partial charge in [-0.15, -0.1) is 0 Å². The van der Waals surface area contributed by atoms with E-state index in [9.17, 15) is 19.2 Å². The second-order valence-electron chi connectivity index (χ2n) is 9.46. The Morgan fingerprint density at radius 2 is 1.68 bits per heavy atom. The van der Waals surface area contributed by atoms with Gasteiger partial charge in [0.2, 0.25) is 17.7 Å². The van der Waals surface area contributed by atoms with Crippen LogP contribution in [0, 0.1) is 5.92 Å². The third-order valence-electron chi connectivity index (χ3n) is 7.04. The molecule has 6 rings (SSSR count). The summed E-state index contributed by atoms with van der Waals surface area (Å²) in [7, 11) is 1.54. The quantitative estimate of drug-likeness (QED) is 0.278. The summed E-state index contributed by atoms with van der Waals surface area (Å²) >= 11 is 14.2. The number of ether oxygens (including phenoxy) is 1. The molecule has 12 heteroatoms. The Kier molecular flexibility index (Phi) is 7.41. The van der Waals surface area contributed by atoms with Gasteiger partial charge >= 0.3 is 4.87 Å². The Morgan fingerprint density at radius 3 is 2.37 bits per heavy atom. The van der Waals surface area contributed by atoms with Gasteiger partial charge in [0.05, 0.1) is 33.8 Å². The molecule has 4 aromatic rings. The van der Waals surface area contributed by atoms with E-state index >= 15 is 0 Å².